The lowest BCUT2D eigenvalue weighted by Crippen LogP contribution is -2.44. The van der Waals surface area contributed by atoms with E-state index < -0.39 is 15.9 Å². The molecule has 1 N–H and O–H groups in total. The number of thiocarbonyl (C=S) groups is 1. The van der Waals surface area contributed by atoms with Gasteiger partial charge in [-0.05, 0) is 6.92 Å². The van der Waals surface area contributed by atoms with Crippen LogP contribution in [-0.2, 0) is 14.8 Å². The molecule has 1 amide bonds. The normalized spacial score (nSPS) is 21.0. The first kappa shape index (κ1) is 11.6. The van der Waals surface area contributed by atoms with Crippen molar-refractivity contribution in [2.45, 2.75) is 6.92 Å². The van der Waals surface area contributed by atoms with Crippen molar-refractivity contribution in [2.75, 3.05) is 6.26 Å². The van der Waals surface area contributed by atoms with E-state index in [1.807, 2.05) is 4.83 Å². The molecule has 1 heterocycles. The first-order valence-corrected chi connectivity index (χ1v) is 6.67. The fourth-order valence-corrected chi connectivity index (χ4v) is 2.53. The highest BCUT2D eigenvalue weighted by Gasteiger charge is 2.33. The molecular formula is C6H8N2O3S3. The van der Waals surface area contributed by atoms with Gasteiger partial charge in [-0.15, -0.1) is 4.83 Å². The Morgan fingerprint density at radius 2 is 2.14 bits per heavy atom. The van der Waals surface area contributed by atoms with E-state index in [1.54, 1.807) is 13.0 Å². The van der Waals surface area contributed by atoms with E-state index in [0.717, 1.165) is 23.0 Å². The van der Waals surface area contributed by atoms with Crippen LogP contribution in [0.3, 0.4) is 0 Å². The molecule has 1 rings (SSSR count). The van der Waals surface area contributed by atoms with Gasteiger partial charge in [-0.1, -0.05) is 30.1 Å². The molecule has 1 aliphatic rings. The molecule has 0 aromatic heterocycles. The highest BCUT2D eigenvalue weighted by molar-refractivity contribution is 8.26. The SMILES string of the molecule is C/C=C1/SC(=S)N(NS(C)(=O)=O)C1=O. The minimum absolute atomic E-state index is 0.188. The largest absolute Gasteiger partial charge is 0.281 e. The van der Waals surface area contributed by atoms with Gasteiger partial charge >= 0.3 is 0 Å². The van der Waals surface area contributed by atoms with Crippen LogP contribution in [0.15, 0.2) is 11.0 Å². The molecule has 0 aliphatic carbocycles. The van der Waals surface area contributed by atoms with Gasteiger partial charge in [-0.2, -0.15) is 0 Å². The van der Waals surface area contributed by atoms with E-state index in [9.17, 15) is 13.2 Å². The van der Waals surface area contributed by atoms with Crippen LogP contribution >= 0.6 is 24.0 Å². The summed E-state index contributed by atoms with van der Waals surface area (Å²) >= 11 is 5.89. The van der Waals surface area contributed by atoms with Gasteiger partial charge in [0, 0.05) is 0 Å². The minimum Gasteiger partial charge on any atom is -0.267 e. The summed E-state index contributed by atoms with van der Waals surface area (Å²) < 4.78 is 21.9. The van der Waals surface area contributed by atoms with Gasteiger partial charge in [0.25, 0.3) is 5.91 Å². The van der Waals surface area contributed by atoms with Gasteiger partial charge in [-0.3, -0.25) is 4.79 Å². The van der Waals surface area contributed by atoms with E-state index in [0.29, 0.717) is 4.91 Å². The summed E-state index contributed by atoms with van der Waals surface area (Å²) in [7, 11) is -3.48. The minimum atomic E-state index is -3.48. The first-order chi connectivity index (χ1) is 6.35. The lowest BCUT2D eigenvalue weighted by molar-refractivity contribution is -0.123. The summed E-state index contributed by atoms with van der Waals surface area (Å²) in [5, 5.41) is 0.852. The Hall–Kier alpha value is -0.440. The maximum atomic E-state index is 11.4. The van der Waals surface area contributed by atoms with Crippen molar-refractivity contribution >= 4 is 44.2 Å². The van der Waals surface area contributed by atoms with Crippen LogP contribution in [0.5, 0.6) is 0 Å². The number of carbonyl (C=O) groups is 1. The number of thioether (sulfide) groups is 1. The molecule has 0 aromatic carbocycles. The maximum absolute atomic E-state index is 11.4. The molecule has 14 heavy (non-hydrogen) atoms. The number of amides is 1. The van der Waals surface area contributed by atoms with Gasteiger partial charge < -0.3 is 0 Å². The van der Waals surface area contributed by atoms with Crippen LogP contribution < -0.4 is 4.83 Å². The Morgan fingerprint density at radius 1 is 1.57 bits per heavy atom. The van der Waals surface area contributed by atoms with E-state index in [4.69, 9.17) is 12.2 Å². The molecule has 0 bridgehead atoms. The van der Waals surface area contributed by atoms with Crippen molar-refractivity contribution in [3.8, 4) is 0 Å². The monoisotopic (exact) mass is 252 g/mol. The molecule has 0 spiro atoms. The highest BCUT2D eigenvalue weighted by Crippen LogP contribution is 2.29. The van der Waals surface area contributed by atoms with Crippen LogP contribution in [0.4, 0.5) is 0 Å². The number of hydrogen-bond acceptors (Lipinski definition) is 5. The number of hydrogen-bond donors (Lipinski definition) is 1. The van der Waals surface area contributed by atoms with Crippen molar-refractivity contribution in [3.63, 3.8) is 0 Å². The predicted octanol–water partition coefficient (Wildman–Crippen LogP) is 0.215. The van der Waals surface area contributed by atoms with Crippen molar-refractivity contribution in [3.05, 3.63) is 11.0 Å². The third kappa shape index (κ3) is 2.53. The van der Waals surface area contributed by atoms with Crippen molar-refractivity contribution in [1.82, 2.24) is 9.84 Å². The van der Waals surface area contributed by atoms with Gasteiger partial charge in [0.1, 0.15) is 0 Å². The second-order valence-electron chi connectivity index (χ2n) is 2.52. The first-order valence-electron chi connectivity index (χ1n) is 3.55. The highest BCUT2D eigenvalue weighted by atomic mass is 32.2. The number of rotatable bonds is 2. The fraction of sp³-hybridized carbons (Fsp3) is 0.333. The van der Waals surface area contributed by atoms with E-state index in [-0.39, 0.29) is 4.32 Å². The van der Waals surface area contributed by atoms with Crippen LogP contribution in [0, 0.1) is 0 Å². The average molecular weight is 252 g/mol. The zero-order chi connectivity index (χ0) is 10.9. The van der Waals surface area contributed by atoms with E-state index in [2.05, 4.69) is 0 Å². The fourth-order valence-electron chi connectivity index (χ4n) is 0.803. The summed E-state index contributed by atoms with van der Waals surface area (Å²) in [6.07, 6.45) is 2.55. The number of nitrogens with zero attached hydrogens (tertiary/aromatic N) is 1. The number of hydrazine groups is 1. The lowest BCUT2D eigenvalue weighted by atomic mass is 10.5. The molecule has 0 atom stereocenters. The van der Waals surface area contributed by atoms with Crippen LogP contribution in [-0.4, -0.2) is 29.9 Å². The third-order valence-electron chi connectivity index (χ3n) is 1.31. The molecule has 0 unspecified atom stereocenters. The van der Waals surface area contributed by atoms with E-state index >= 15 is 0 Å². The topological polar surface area (TPSA) is 66.5 Å². The van der Waals surface area contributed by atoms with Crippen molar-refractivity contribution < 1.29 is 13.2 Å². The molecule has 1 fully saturated rings. The summed E-state index contributed by atoms with van der Waals surface area (Å²) in [6, 6.07) is 0. The Kier molecular flexibility index (Phi) is 3.30. The quantitative estimate of drug-likeness (QED) is 0.562. The standard InChI is InChI=1S/C6H8N2O3S3/c1-3-4-5(9)8(6(12)13-4)7-14(2,10)11/h3,7H,1-2H3/b4-3+. The molecule has 0 aromatic rings. The Bertz CT molecular complexity index is 412. The van der Waals surface area contributed by atoms with Crippen LogP contribution in [0.2, 0.25) is 0 Å². The van der Waals surface area contributed by atoms with Gasteiger partial charge in [-0.25, -0.2) is 13.4 Å². The smallest absolute Gasteiger partial charge is 0.267 e. The third-order valence-corrected chi connectivity index (χ3v) is 3.25. The summed E-state index contributed by atoms with van der Waals surface area (Å²) in [4.78, 5) is 13.9. The predicted molar refractivity (Wildman–Crippen MR) is 58.8 cm³/mol. The zero-order valence-corrected chi connectivity index (χ0v) is 9.92. The van der Waals surface area contributed by atoms with Gasteiger partial charge in [0.15, 0.2) is 4.32 Å². The molecule has 5 nitrogen and oxygen atoms in total. The second kappa shape index (κ2) is 3.97. The Morgan fingerprint density at radius 3 is 2.50 bits per heavy atom. The number of allylic oxidation sites excluding steroid dienone is 1. The van der Waals surface area contributed by atoms with Gasteiger partial charge in [0.05, 0.1) is 11.2 Å². The zero-order valence-electron chi connectivity index (χ0n) is 7.47. The summed E-state index contributed by atoms with van der Waals surface area (Å²) in [6.45, 7) is 1.69. The van der Waals surface area contributed by atoms with Crippen LogP contribution in [0.25, 0.3) is 0 Å². The molecule has 1 saturated heterocycles. The maximum Gasteiger partial charge on any atom is 0.281 e. The Labute approximate surface area is 91.6 Å². The number of nitrogens with one attached hydrogen (secondary N) is 1. The van der Waals surface area contributed by atoms with E-state index in [1.165, 1.54) is 0 Å². The van der Waals surface area contributed by atoms with Crippen molar-refractivity contribution in [1.29, 1.82) is 0 Å². The summed E-state index contributed by atoms with van der Waals surface area (Å²) in [5.41, 5.74) is 0. The average Bonchev–Trinajstić information content (AvgIpc) is 2.29. The van der Waals surface area contributed by atoms with Crippen LogP contribution in [0.1, 0.15) is 6.92 Å². The summed E-state index contributed by atoms with van der Waals surface area (Å²) in [5.74, 6) is -0.437. The van der Waals surface area contributed by atoms with Crippen molar-refractivity contribution in [2.24, 2.45) is 0 Å². The lowest BCUT2D eigenvalue weighted by Gasteiger charge is -2.13. The Balaban J connectivity index is 2.92. The second-order valence-corrected chi connectivity index (χ2v) is 5.93. The number of sulfonamides is 1. The molecule has 78 valence electrons. The molecule has 1 aliphatic heterocycles. The number of carbonyl (C=O) groups excluding carboxylic acids is 1. The molecule has 0 saturated carbocycles. The molecule has 0 radical (unpaired) electrons. The van der Waals surface area contributed by atoms with Gasteiger partial charge in [0.2, 0.25) is 10.0 Å². The molecular weight excluding hydrogens is 244 g/mol. The molecule has 8 heteroatoms.